The fraction of sp³-hybridized carbons (Fsp3) is 0.400. The van der Waals surface area contributed by atoms with E-state index in [1.165, 1.54) is 17.9 Å². The summed E-state index contributed by atoms with van der Waals surface area (Å²) in [5, 5.41) is 24.6. The maximum atomic E-state index is 8.18. The number of imidazole rings is 1. The summed E-state index contributed by atoms with van der Waals surface area (Å²) < 4.78 is 8.52. The number of aromatic nitrogens is 2. The fourth-order valence-corrected chi connectivity index (χ4v) is 0.933. The zero-order valence-electron chi connectivity index (χ0n) is 10.2. The van der Waals surface area contributed by atoms with Gasteiger partial charge in [-0.3, -0.25) is 0 Å². The van der Waals surface area contributed by atoms with E-state index in [9.17, 15) is 0 Å². The van der Waals surface area contributed by atoms with Gasteiger partial charge >= 0.3 is 6.35 Å². The summed E-state index contributed by atoms with van der Waals surface area (Å²) in [5.74, 6) is 4.45. The third-order valence-corrected chi connectivity index (χ3v) is 2.09. The Balaban J connectivity index is 0.000000302. The lowest BCUT2D eigenvalue weighted by atomic mass is 9.45. The molecule has 88 valence electrons. The van der Waals surface area contributed by atoms with Crippen molar-refractivity contribution in [3.63, 3.8) is 0 Å². The molecule has 0 aliphatic rings. The van der Waals surface area contributed by atoms with Gasteiger partial charge in [-0.15, -0.1) is 0 Å². The second kappa shape index (κ2) is 7.06. The molecule has 1 heterocycles. The molecule has 0 spiro atoms. The highest BCUT2D eigenvalue weighted by Crippen LogP contribution is 1.95. The van der Waals surface area contributed by atoms with Crippen LogP contribution in [0.15, 0.2) is 18.7 Å². The first kappa shape index (κ1) is 14.7. The highest BCUT2D eigenvalue weighted by molar-refractivity contribution is 6.94. The lowest BCUT2D eigenvalue weighted by Crippen LogP contribution is -2.32. The summed E-state index contributed by atoms with van der Waals surface area (Å²) in [6.07, 6.45) is 3.61. The molecule has 0 bridgehead atoms. The first-order valence-electron chi connectivity index (χ1n) is 5.02. The molecule has 0 unspecified atom stereocenters. The Morgan fingerprint density at radius 3 is 1.94 bits per heavy atom. The van der Waals surface area contributed by atoms with E-state index in [1.807, 2.05) is 17.8 Å². The fourth-order valence-electron chi connectivity index (χ4n) is 0.933. The van der Waals surface area contributed by atoms with Crippen molar-refractivity contribution in [1.82, 2.24) is 4.57 Å². The zero-order valence-corrected chi connectivity index (χ0v) is 10.2. The van der Waals surface area contributed by atoms with Gasteiger partial charge in [-0.1, -0.05) is 17.9 Å². The molecule has 0 N–H and O–H groups in total. The lowest BCUT2D eigenvalue weighted by Gasteiger charge is -2.12. The van der Waals surface area contributed by atoms with Crippen LogP contribution in [0.25, 0.3) is 0 Å². The van der Waals surface area contributed by atoms with Gasteiger partial charge in [0, 0.05) is 0 Å². The van der Waals surface area contributed by atoms with Crippen LogP contribution in [0, 0.1) is 33.7 Å². The van der Waals surface area contributed by atoms with Crippen LogP contribution in [0.3, 0.4) is 0 Å². The van der Waals surface area contributed by atoms with Crippen LogP contribution in [0.2, 0.25) is 0 Å². The monoisotopic (exact) mass is 231 g/mol. The Hall–Kier alpha value is -2.30. The van der Waals surface area contributed by atoms with Crippen molar-refractivity contribution >= 4 is 6.35 Å². The summed E-state index contributed by atoms with van der Waals surface area (Å²) in [6, 6.07) is 0. The largest absolute Gasteiger partial charge is 0.559 e. The number of hydrogen-bond donors (Lipinski definition) is 0. The summed E-state index contributed by atoms with van der Waals surface area (Å²) in [4.78, 5) is 0. The molecule has 0 saturated heterocycles. The van der Waals surface area contributed by atoms with Crippen molar-refractivity contribution in [3.8, 4) is 17.9 Å². The van der Waals surface area contributed by atoms with Gasteiger partial charge in [-0.2, -0.15) is 0 Å². The Labute approximate surface area is 101 Å². The molecule has 0 aliphatic carbocycles. The first-order chi connectivity index (χ1) is 8.07. The maximum absolute atomic E-state index is 8.18. The standard InChI is InChI=1S/C6H11N2.C4H3BN3O/c1-3-8-5-4-7(2)6-8;1-9-5(2-6,3-7)4-8/h4-6H,3H2,1-2H3;1H3/q+1;-1. The third-order valence-electron chi connectivity index (χ3n) is 2.09. The highest BCUT2D eigenvalue weighted by atomic mass is 16.4. The van der Waals surface area contributed by atoms with Crippen LogP contribution in [0.4, 0.5) is 0 Å². The van der Waals surface area contributed by atoms with Crippen LogP contribution in [0.5, 0.6) is 0 Å². The van der Waals surface area contributed by atoms with E-state index in [0.717, 1.165) is 13.7 Å². The van der Waals surface area contributed by atoms with Gasteiger partial charge in [0.05, 0.1) is 13.6 Å². The molecule has 0 aromatic carbocycles. The molecule has 0 aliphatic heterocycles. The second-order valence-electron chi connectivity index (χ2n) is 3.32. The molecule has 6 nitrogen and oxygen atoms in total. The van der Waals surface area contributed by atoms with Gasteiger partial charge in [-0.05, 0) is 14.0 Å². The zero-order chi connectivity index (χ0) is 13.3. The molecule has 1 aromatic heterocycles. The number of nitriles is 3. The molecule has 17 heavy (non-hydrogen) atoms. The van der Waals surface area contributed by atoms with Crippen molar-refractivity contribution in [1.29, 1.82) is 15.8 Å². The van der Waals surface area contributed by atoms with Gasteiger partial charge in [0.25, 0.3) is 0 Å². The second-order valence-corrected chi connectivity index (χ2v) is 3.32. The Morgan fingerprint density at radius 1 is 1.29 bits per heavy atom. The predicted molar refractivity (Wildman–Crippen MR) is 60.9 cm³/mol. The topological polar surface area (TPSA) is 89.4 Å². The molecule has 0 atom stereocenters. The first-order valence-corrected chi connectivity index (χ1v) is 5.02. The summed E-state index contributed by atoms with van der Waals surface area (Å²) in [5.41, 5.74) is 0. The minimum atomic E-state index is -2.53. The van der Waals surface area contributed by atoms with Gasteiger partial charge in [0.2, 0.25) is 6.33 Å². The van der Waals surface area contributed by atoms with Crippen molar-refractivity contribution < 1.29 is 9.22 Å². The van der Waals surface area contributed by atoms with Gasteiger partial charge in [0.15, 0.2) is 0 Å². The van der Waals surface area contributed by atoms with Gasteiger partial charge in [-0.25, -0.2) is 24.9 Å². The minimum Gasteiger partial charge on any atom is -0.559 e. The van der Waals surface area contributed by atoms with Crippen molar-refractivity contribution in [2.45, 2.75) is 13.5 Å². The predicted octanol–water partition coefficient (Wildman–Crippen LogP) is 0.0991. The van der Waals surface area contributed by atoms with Crippen molar-refractivity contribution in [2.24, 2.45) is 7.05 Å². The van der Waals surface area contributed by atoms with Crippen LogP contribution in [-0.4, -0.2) is 18.0 Å². The molecule has 0 fully saturated rings. The quantitative estimate of drug-likeness (QED) is 0.533. The van der Waals surface area contributed by atoms with Crippen molar-refractivity contribution in [3.05, 3.63) is 18.7 Å². The Bertz CT molecular complexity index is 440. The summed E-state index contributed by atoms with van der Waals surface area (Å²) >= 11 is 0. The number of rotatable bonds is 2. The Kier molecular flexibility index (Phi) is 6.10. The molecule has 0 saturated carbocycles. The molecule has 0 amide bonds. The molecular weight excluding hydrogens is 217 g/mol. The number of aryl methyl sites for hydroxylation is 2. The van der Waals surface area contributed by atoms with Gasteiger partial charge < -0.3 is 4.65 Å². The van der Waals surface area contributed by atoms with Gasteiger partial charge in [0.1, 0.15) is 12.4 Å². The normalized spacial score (nSPS) is 9.18. The summed E-state index contributed by atoms with van der Waals surface area (Å²) in [6.45, 7) is 3.18. The number of nitrogens with zero attached hydrogens (tertiary/aromatic N) is 5. The van der Waals surface area contributed by atoms with Crippen LogP contribution in [0.1, 0.15) is 6.92 Å². The molecule has 0 radical (unpaired) electrons. The van der Waals surface area contributed by atoms with Crippen LogP contribution < -0.4 is 4.57 Å². The van der Waals surface area contributed by atoms with E-state index in [4.69, 9.17) is 15.8 Å². The van der Waals surface area contributed by atoms with E-state index in [1.54, 1.807) is 0 Å². The molecular formula is C10H14BN5O. The number of hydrogen-bond acceptors (Lipinski definition) is 4. The molecule has 7 heteroatoms. The average molecular weight is 231 g/mol. The highest BCUT2D eigenvalue weighted by Gasteiger charge is 2.22. The molecule has 1 aromatic rings. The lowest BCUT2D eigenvalue weighted by molar-refractivity contribution is -0.693. The Morgan fingerprint density at radius 2 is 1.82 bits per heavy atom. The third kappa shape index (κ3) is 4.38. The maximum Gasteiger partial charge on any atom is 0.408 e. The van der Waals surface area contributed by atoms with Crippen LogP contribution in [-0.2, 0) is 18.2 Å². The van der Waals surface area contributed by atoms with E-state index in [2.05, 4.69) is 28.7 Å². The van der Waals surface area contributed by atoms with Crippen molar-refractivity contribution in [2.75, 3.05) is 7.11 Å². The van der Waals surface area contributed by atoms with E-state index < -0.39 is 6.35 Å². The summed E-state index contributed by atoms with van der Waals surface area (Å²) in [7, 11) is 3.18. The van der Waals surface area contributed by atoms with E-state index in [0.29, 0.717) is 0 Å². The SMILES string of the molecule is CC[n+]1ccn(C)c1.CO[B-](C#N)(C#N)C#N. The minimum absolute atomic E-state index is 1.06. The molecule has 1 rings (SSSR count). The average Bonchev–Trinajstić information content (AvgIpc) is 2.80. The smallest absolute Gasteiger partial charge is 0.408 e. The van der Waals surface area contributed by atoms with E-state index in [-0.39, 0.29) is 0 Å². The van der Waals surface area contributed by atoms with E-state index >= 15 is 0 Å². The van der Waals surface area contributed by atoms with Crippen LogP contribution >= 0.6 is 0 Å².